The van der Waals surface area contributed by atoms with E-state index in [0.29, 0.717) is 5.92 Å². The summed E-state index contributed by atoms with van der Waals surface area (Å²) in [7, 11) is 0. The maximum atomic E-state index is 5.89. The molecule has 0 bridgehead atoms. The van der Waals surface area contributed by atoms with E-state index in [2.05, 4.69) is 13.8 Å². The molecule has 1 aromatic rings. The van der Waals surface area contributed by atoms with E-state index in [9.17, 15) is 0 Å². The van der Waals surface area contributed by atoms with Crippen LogP contribution < -0.4 is 11.5 Å². The predicted octanol–water partition coefficient (Wildman–Crippen LogP) is 2.75. The maximum absolute atomic E-state index is 5.89. The second-order valence-electron chi connectivity index (χ2n) is 3.40. The molecule has 72 valence electrons. The minimum absolute atomic E-state index is 0.545. The molecule has 4 N–H and O–H groups in total. The summed E-state index contributed by atoms with van der Waals surface area (Å²) in [6.45, 7) is 4.35. The van der Waals surface area contributed by atoms with Gasteiger partial charge in [-0.1, -0.05) is 13.8 Å². The first-order chi connectivity index (χ1) is 6.19. The molecule has 2 heteroatoms. The van der Waals surface area contributed by atoms with Crippen molar-refractivity contribution in [3.63, 3.8) is 0 Å². The lowest BCUT2D eigenvalue weighted by Crippen LogP contribution is -2.02. The van der Waals surface area contributed by atoms with Crippen LogP contribution in [0.15, 0.2) is 18.2 Å². The van der Waals surface area contributed by atoms with E-state index < -0.39 is 0 Å². The van der Waals surface area contributed by atoms with Gasteiger partial charge in [0.15, 0.2) is 0 Å². The molecule has 0 unspecified atom stereocenters. The molecule has 0 radical (unpaired) electrons. The Morgan fingerprint density at radius 3 is 2.31 bits per heavy atom. The van der Waals surface area contributed by atoms with Crippen LogP contribution in [0.1, 0.15) is 38.2 Å². The number of nitrogens with two attached hydrogens (primary N) is 2. The highest BCUT2D eigenvalue weighted by atomic mass is 14.6. The first-order valence-corrected chi connectivity index (χ1v) is 4.83. The second-order valence-corrected chi connectivity index (χ2v) is 3.40. The second kappa shape index (κ2) is 4.17. The average Bonchev–Trinajstić information content (AvgIpc) is 2.13. The summed E-state index contributed by atoms with van der Waals surface area (Å²) in [6.07, 6.45) is 2.23. The SMILES string of the molecule is CCC(CC)c1cc(N)ccc1N. The zero-order chi connectivity index (χ0) is 9.84. The molecule has 0 spiro atoms. The number of hydrogen-bond acceptors (Lipinski definition) is 2. The largest absolute Gasteiger partial charge is 0.399 e. The van der Waals surface area contributed by atoms with Crippen molar-refractivity contribution in [2.45, 2.75) is 32.6 Å². The van der Waals surface area contributed by atoms with Gasteiger partial charge in [0.1, 0.15) is 0 Å². The maximum Gasteiger partial charge on any atom is 0.0350 e. The van der Waals surface area contributed by atoms with E-state index in [1.807, 2.05) is 18.2 Å². The summed E-state index contributed by atoms with van der Waals surface area (Å²) >= 11 is 0. The van der Waals surface area contributed by atoms with Crippen molar-refractivity contribution in [2.75, 3.05) is 11.5 Å². The van der Waals surface area contributed by atoms with Gasteiger partial charge in [0.05, 0.1) is 0 Å². The highest BCUT2D eigenvalue weighted by Gasteiger charge is 2.09. The van der Waals surface area contributed by atoms with Gasteiger partial charge in [0, 0.05) is 11.4 Å². The van der Waals surface area contributed by atoms with Gasteiger partial charge in [-0.25, -0.2) is 0 Å². The van der Waals surface area contributed by atoms with Crippen LogP contribution in [0.2, 0.25) is 0 Å². The number of rotatable bonds is 3. The Labute approximate surface area is 79.9 Å². The molecule has 1 rings (SSSR count). The molecule has 0 aliphatic rings. The Morgan fingerprint density at radius 1 is 1.15 bits per heavy atom. The van der Waals surface area contributed by atoms with E-state index in [1.165, 1.54) is 5.56 Å². The molecule has 1 aromatic carbocycles. The molecule has 0 amide bonds. The summed E-state index contributed by atoms with van der Waals surface area (Å²) in [5.41, 5.74) is 14.5. The van der Waals surface area contributed by atoms with Crippen molar-refractivity contribution < 1.29 is 0 Å². The molecular weight excluding hydrogens is 160 g/mol. The van der Waals surface area contributed by atoms with E-state index in [4.69, 9.17) is 11.5 Å². The fourth-order valence-electron chi connectivity index (χ4n) is 1.68. The molecule has 0 saturated heterocycles. The van der Waals surface area contributed by atoms with Crippen LogP contribution in [-0.4, -0.2) is 0 Å². The summed E-state index contributed by atoms with van der Waals surface area (Å²) in [5, 5.41) is 0. The van der Waals surface area contributed by atoms with Crippen LogP contribution in [0, 0.1) is 0 Å². The molecule has 13 heavy (non-hydrogen) atoms. The third-order valence-electron chi connectivity index (χ3n) is 2.54. The van der Waals surface area contributed by atoms with E-state index in [-0.39, 0.29) is 0 Å². The summed E-state index contributed by atoms with van der Waals surface area (Å²) < 4.78 is 0. The van der Waals surface area contributed by atoms with Gasteiger partial charge < -0.3 is 11.5 Å². The molecule has 0 heterocycles. The Balaban J connectivity index is 3.03. The molecule has 0 aromatic heterocycles. The topological polar surface area (TPSA) is 52.0 Å². The van der Waals surface area contributed by atoms with Crippen molar-refractivity contribution in [3.8, 4) is 0 Å². The fraction of sp³-hybridized carbons (Fsp3) is 0.455. The Hall–Kier alpha value is -1.18. The lowest BCUT2D eigenvalue weighted by Gasteiger charge is -2.15. The number of hydrogen-bond donors (Lipinski definition) is 2. The van der Waals surface area contributed by atoms with Crippen LogP contribution in [0.5, 0.6) is 0 Å². The zero-order valence-electron chi connectivity index (χ0n) is 8.38. The Kier molecular flexibility index (Phi) is 3.18. The van der Waals surface area contributed by atoms with Crippen molar-refractivity contribution >= 4 is 11.4 Å². The molecule has 2 nitrogen and oxygen atoms in total. The van der Waals surface area contributed by atoms with Crippen molar-refractivity contribution in [2.24, 2.45) is 0 Å². The Morgan fingerprint density at radius 2 is 1.77 bits per heavy atom. The van der Waals surface area contributed by atoms with Crippen LogP contribution in [0.3, 0.4) is 0 Å². The van der Waals surface area contributed by atoms with Gasteiger partial charge in [-0.3, -0.25) is 0 Å². The summed E-state index contributed by atoms with van der Waals surface area (Å²) in [6, 6.07) is 5.73. The minimum atomic E-state index is 0.545. The van der Waals surface area contributed by atoms with Gasteiger partial charge >= 0.3 is 0 Å². The molecule has 0 fully saturated rings. The predicted molar refractivity (Wildman–Crippen MR) is 58.6 cm³/mol. The number of benzene rings is 1. The smallest absolute Gasteiger partial charge is 0.0350 e. The Bertz CT molecular complexity index is 277. The lowest BCUT2D eigenvalue weighted by molar-refractivity contribution is 0.644. The molecule has 0 aliphatic carbocycles. The van der Waals surface area contributed by atoms with Crippen molar-refractivity contribution in [1.29, 1.82) is 0 Å². The van der Waals surface area contributed by atoms with Gasteiger partial charge in [-0.05, 0) is 42.5 Å². The van der Waals surface area contributed by atoms with E-state index in [1.54, 1.807) is 0 Å². The molecule has 0 aliphatic heterocycles. The van der Waals surface area contributed by atoms with Crippen molar-refractivity contribution in [1.82, 2.24) is 0 Å². The normalized spacial score (nSPS) is 10.7. The third kappa shape index (κ3) is 2.14. The summed E-state index contributed by atoms with van der Waals surface area (Å²) in [5.74, 6) is 0.545. The summed E-state index contributed by atoms with van der Waals surface area (Å²) in [4.78, 5) is 0. The van der Waals surface area contributed by atoms with Gasteiger partial charge in [-0.15, -0.1) is 0 Å². The lowest BCUT2D eigenvalue weighted by atomic mass is 9.92. The van der Waals surface area contributed by atoms with Crippen molar-refractivity contribution in [3.05, 3.63) is 23.8 Å². The van der Waals surface area contributed by atoms with Crippen LogP contribution in [0.4, 0.5) is 11.4 Å². The molecular formula is C11H18N2. The quantitative estimate of drug-likeness (QED) is 0.699. The van der Waals surface area contributed by atoms with E-state index in [0.717, 1.165) is 24.2 Å². The third-order valence-corrected chi connectivity index (χ3v) is 2.54. The van der Waals surface area contributed by atoms with Gasteiger partial charge in [-0.2, -0.15) is 0 Å². The van der Waals surface area contributed by atoms with Gasteiger partial charge in [0.25, 0.3) is 0 Å². The van der Waals surface area contributed by atoms with Crippen LogP contribution >= 0.6 is 0 Å². The van der Waals surface area contributed by atoms with Gasteiger partial charge in [0.2, 0.25) is 0 Å². The zero-order valence-corrected chi connectivity index (χ0v) is 8.38. The minimum Gasteiger partial charge on any atom is -0.399 e. The molecule has 0 atom stereocenters. The van der Waals surface area contributed by atoms with Crippen LogP contribution in [-0.2, 0) is 0 Å². The fourth-order valence-corrected chi connectivity index (χ4v) is 1.68. The number of nitrogen functional groups attached to an aromatic ring is 2. The monoisotopic (exact) mass is 178 g/mol. The average molecular weight is 178 g/mol. The first-order valence-electron chi connectivity index (χ1n) is 4.83. The number of anilines is 2. The van der Waals surface area contributed by atoms with Crippen LogP contribution in [0.25, 0.3) is 0 Å². The van der Waals surface area contributed by atoms with E-state index >= 15 is 0 Å². The first kappa shape index (κ1) is 9.90. The standard InChI is InChI=1S/C11H18N2/c1-3-8(4-2)10-7-9(12)5-6-11(10)13/h5-8H,3-4,12-13H2,1-2H3. The molecule has 0 saturated carbocycles. The highest BCUT2D eigenvalue weighted by molar-refractivity contribution is 5.56. The highest BCUT2D eigenvalue weighted by Crippen LogP contribution is 2.29.